The molecule has 0 spiro atoms. The Labute approximate surface area is 128 Å². The van der Waals surface area contributed by atoms with E-state index >= 15 is 0 Å². The van der Waals surface area contributed by atoms with Crippen molar-refractivity contribution in [3.8, 4) is 11.5 Å². The molecule has 1 unspecified atom stereocenters. The third kappa shape index (κ3) is 3.48. The Balaban J connectivity index is 2.00. The number of carbonyl (C=O) groups is 2. The second-order valence-corrected chi connectivity index (χ2v) is 4.83. The van der Waals surface area contributed by atoms with Crippen LogP contribution in [0, 0.1) is 0 Å². The van der Waals surface area contributed by atoms with E-state index in [0.717, 1.165) is 0 Å². The van der Waals surface area contributed by atoms with Gasteiger partial charge in [-0.2, -0.15) is 0 Å². The fraction of sp³-hybridized carbons (Fsp3) is 0.467. The molecule has 0 aromatic heterocycles. The lowest BCUT2D eigenvalue weighted by Gasteiger charge is -2.23. The first-order valence-corrected chi connectivity index (χ1v) is 6.87. The number of amides is 1. The van der Waals surface area contributed by atoms with Crippen LogP contribution < -0.4 is 9.47 Å². The van der Waals surface area contributed by atoms with E-state index in [0.29, 0.717) is 23.7 Å². The highest BCUT2D eigenvalue weighted by Gasteiger charge is 2.26. The molecule has 1 amide bonds. The van der Waals surface area contributed by atoms with Gasteiger partial charge in [0.2, 0.25) is 6.79 Å². The van der Waals surface area contributed by atoms with E-state index < -0.39 is 12.1 Å². The van der Waals surface area contributed by atoms with Crippen molar-refractivity contribution >= 4 is 11.9 Å². The van der Waals surface area contributed by atoms with Gasteiger partial charge < -0.3 is 23.8 Å². The maximum atomic E-state index is 12.4. The third-order valence-electron chi connectivity index (χ3n) is 3.42. The highest BCUT2D eigenvalue weighted by atomic mass is 16.7. The Morgan fingerprint density at radius 1 is 1.27 bits per heavy atom. The number of carbonyl (C=O) groups excluding carboxylic acids is 2. The number of rotatable bonds is 6. The Kier molecular flexibility index (Phi) is 5.21. The molecule has 7 nitrogen and oxygen atoms in total. The second kappa shape index (κ2) is 7.13. The summed E-state index contributed by atoms with van der Waals surface area (Å²) >= 11 is 0. The highest BCUT2D eigenvalue weighted by Crippen LogP contribution is 2.32. The number of ketones is 1. The molecule has 1 heterocycles. The van der Waals surface area contributed by atoms with Gasteiger partial charge in [-0.25, -0.2) is 4.79 Å². The minimum atomic E-state index is -0.657. The first-order chi connectivity index (χ1) is 10.5. The summed E-state index contributed by atoms with van der Waals surface area (Å²) in [5.74, 6) is 0.935. The zero-order chi connectivity index (χ0) is 16.1. The SMILES string of the molecule is COCCOC(=O)N(C)C(C)C(=O)c1ccc2c(c1)OCO2. The Hall–Kier alpha value is -2.28. The third-order valence-corrected chi connectivity index (χ3v) is 3.42. The normalized spacial score (nSPS) is 13.6. The first kappa shape index (κ1) is 16.1. The molecular weight excluding hydrogens is 290 g/mol. The summed E-state index contributed by atoms with van der Waals surface area (Å²) < 4.78 is 20.2. The minimum absolute atomic E-state index is 0.143. The van der Waals surface area contributed by atoms with E-state index in [4.69, 9.17) is 18.9 Å². The number of hydrogen-bond acceptors (Lipinski definition) is 6. The van der Waals surface area contributed by atoms with Crippen molar-refractivity contribution in [1.29, 1.82) is 0 Å². The van der Waals surface area contributed by atoms with Gasteiger partial charge in [0.15, 0.2) is 17.3 Å². The van der Waals surface area contributed by atoms with E-state index in [1.54, 1.807) is 25.1 Å². The lowest BCUT2D eigenvalue weighted by atomic mass is 10.0. The van der Waals surface area contributed by atoms with E-state index in [-0.39, 0.29) is 19.2 Å². The van der Waals surface area contributed by atoms with Gasteiger partial charge in [-0.3, -0.25) is 4.79 Å². The van der Waals surface area contributed by atoms with Crippen molar-refractivity contribution in [1.82, 2.24) is 4.90 Å². The monoisotopic (exact) mass is 309 g/mol. The van der Waals surface area contributed by atoms with Crippen LogP contribution in [0.25, 0.3) is 0 Å². The van der Waals surface area contributed by atoms with Crippen LogP contribution in [-0.4, -0.2) is 57.0 Å². The molecule has 0 saturated heterocycles. The van der Waals surface area contributed by atoms with Crippen LogP contribution in [-0.2, 0) is 9.47 Å². The molecule has 1 aromatic carbocycles. The van der Waals surface area contributed by atoms with Gasteiger partial charge in [-0.05, 0) is 25.1 Å². The summed E-state index contributed by atoms with van der Waals surface area (Å²) in [6, 6.07) is 4.29. The number of ether oxygens (including phenoxy) is 4. The zero-order valence-corrected chi connectivity index (χ0v) is 12.8. The molecule has 7 heteroatoms. The molecule has 0 aliphatic carbocycles. The summed E-state index contributed by atoms with van der Waals surface area (Å²) in [6.45, 7) is 2.24. The fourth-order valence-corrected chi connectivity index (χ4v) is 1.94. The van der Waals surface area contributed by atoms with Gasteiger partial charge in [0.25, 0.3) is 0 Å². The van der Waals surface area contributed by atoms with Crippen LogP contribution in [0.1, 0.15) is 17.3 Å². The van der Waals surface area contributed by atoms with Crippen molar-refractivity contribution in [2.45, 2.75) is 13.0 Å². The molecule has 120 valence electrons. The molecule has 0 radical (unpaired) electrons. The van der Waals surface area contributed by atoms with Crippen molar-refractivity contribution in [2.75, 3.05) is 34.2 Å². The molecule has 2 rings (SSSR count). The van der Waals surface area contributed by atoms with Gasteiger partial charge in [-0.1, -0.05) is 0 Å². The number of Topliss-reactive ketones (excluding diaryl/α,β-unsaturated/α-hetero) is 1. The lowest BCUT2D eigenvalue weighted by Crippen LogP contribution is -2.41. The topological polar surface area (TPSA) is 74.3 Å². The number of nitrogens with zero attached hydrogens (tertiary/aromatic N) is 1. The molecule has 1 aliphatic rings. The van der Waals surface area contributed by atoms with E-state index in [1.165, 1.54) is 19.1 Å². The van der Waals surface area contributed by atoms with Gasteiger partial charge in [0.1, 0.15) is 6.61 Å². The molecule has 1 aromatic rings. The van der Waals surface area contributed by atoms with E-state index in [1.807, 2.05) is 0 Å². The van der Waals surface area contributed by atoms with Crippen LogP contribution in [0.4, 0.5) is 4.79 Å². The molecule has 0 fully saturated rings. The summed E-state index contributed by atoms with van der Waals surface area (Å²) in [7, 11) is 3.04. The van der Waals surface area contributed by atoms with Crippen molar-refractivity contribution in [2.24, 2.45) is 0 Å². The van der Waals surface area contributed by atoms with Gasteiger partial charge >= 0.3 is 6.09 Å². The summed E-state index contributed by atoms with van der Waals surface area (Å²) in [5, 5.41) is 0. The highest BCUT2D eigenvalue weighted by molar-refractivity contribution is 6.01. The maximum absolute atomic E-state index is 12.4. The molecule has 1 atom stereocenters. The van der Waals surface area contributed by atoms with Crippen molar-refractivity contribution in [3.05, 3.63) is 23.8 Å². The Morgan fingerprint density at radius 3 is 2.73 bits per heavy atom. The van der Waals surface area contributed by atoms with Crippen LogP contribution in [0.2, 0.25) is 0 Å². The van der Waals surface area contributed by atoms with Crippen molar-refractivity contribution < 1.29 is 28.5 Å². The molecule has 0 bridgehead atoms. The van der Waals surface area contributed by atoms with Gasteiger partial charge in [-0.15, -0.1) is 0 Å². The summed E-state index contributed by atoms with van der Waals surface area (Å²) in [4.78, 5) is 25.5. The summed E-state index contributed by atoms with van der Waals surface area (Å²) in [5.41, 5.74) is 0.452. The maximum Gasteiger partial charge on any atom is 0.410 e. The van der Waals surface area contributed by atoms with E-state index in [2.05, 4.69) is 0 Å². The zero-order valence-electron chi connectivity index (χ0n) is 12.8. The number of hydrogen-bond donors (Lipinski definition) is 0. The standard InChI is InChI=1S/C15H19NO6/c1-10(16(2)15(18)20-7-6-19-3)14(17)11-4-5-12-13(8-11)22-9-21-12/h4-5,8,10H,6-7,9H2,1-3H3. The van der Waals surface area contributed by atoms with Crippen molar-refractivity contribution in [3.63, 3.8) is 0 Å². The fourth-order valence-electron chi connectivity index (χ4n) is 1.94. The first-order valence-electron chi connectivity index (χ1n) is 6.87. The van der Waals surface area contributed by atoms with Gasteiger partial charge in [0, 0.05) is 19.7 Å². The predicted octanol–water partition coefficient (Wildman–Crippen LogP) is 1.70. The molecule has 0 saturated carbocycles. The largest absolute Gasteiger partial charge is 0.454 e. The number of likely N-dealkylation sites (N-methyl/N-ethyl adjacent to an activating group) is 1. The summed E-state index contributed by atoms with van der Waals surface area (Å²) in [6.07, 6.45) is -0.571. The van der Waals surface area contributed by atoms with Crippen LogP contribution in [0.15, 0.2) is 18.2 Å². The molecule has 22 heavy (non-hydrogen) atoms. The minimum Gasteiger partial charge on any atom is -0.454 e. The Morgan fingerprint density at radius 2 is 2.00 bits per heavy atom. The predicted molar refractivity (Wildman–Crippen MR) is 77.3 cm³/mol. The lowest BCUT2D eigenvalue weighted by molar-refractivity contribution is 0.0631. The van der Waals surface area contributed by atoms with Crippen LogP contribution in [0.5, 0.6) is 11.5 Å². The molecule has 1 aliphatic heterocycles. The van der Waals surface area contributed by atoms with Crippen LogP contribution in [0.3, 0.4) is 0 Å². The van der Waals surface area contributed by atoms with Crippen LogP contribution >= 0.6 is 0 Å². The van der Waals surface area contributed by atoms with E-state index in [9.17, 15) is 9.59 Å². The average molecular weight is 309 g/mol. The number of fused-ring (bicyclic) bond motifs is 1. The van der Waals surface area contributed by atoms with Gasteiger partial charge in [0.05, 0.1) is 12.6 Å². The number of benzene rings is 1. The molecular formula is C15H19NO6. The second-order valence-electron chi connectivity index (χ2n) is 4.83. The number of methoxy groups -OCH3 is 1. The Bertz CT molecular complexity index is 559. The average Bonchev–Trinajstić information content (AvgIpc) is 3.00. The molecule has 0 N–H and O–H groups in total. The quantitative estimate of drug-likeness (QED) is 0.588. The smallest absolute Gasteiger partial charge is 0.410 e.